The van der Waals surface area contributed by atoms with Crippen LogP contribution in [0.25, 0.3) is 5.65 Å². The standard InChI is InChI=1S/C14H17ClN4O3/c1-3-22-10-7-21-6-9(10)17-14(20)12-11(15)13-16-4-8(2)5-19(13)18-12/h4-5,9-10H,3,6-7H2,1-2H3,(H,17,20)/t9-,10-/m0/s1. The molecule has 0 aromatic carbocycles. The third-order valence-corrected chi connectivity index (χ3v) is 3.83. The summed E-state index contributed by atoms with van der Waals surface area (Å²) >= 11 is 6.22. The molecule has 7 nitrogen and oxygen atoms in total. The zero-order valence-electron chi connectivity index (χ0n) is 12.4. The zero-order valence-corrected chi connectivity index (χ0v) is 13.1. The van der Waals surface area contributed by atoms with Gasteiger partial charge in [-0.3, -0.25) is 4.79 Å². The van der Waals surface area contributed by atoms with E-state index < -0.39 is 0 Å². The van der Waals surface area contributed by atoms with Gasteiger partial charge >= 0.3 is 0 Å². The number of hydrogen-bond acceptors (Lipinski definition) is 5. The molecule has 22 heavy (non-hydrogen) atoms. The Morgan fingerprint density at radius 1 is 1.59 bits per heavy atom. The highest BCUT2D eigenvalue weighted by Crippen LogP contribution is 2.21. The van der Waals surface area contributed by atoms with Crippen molar-refractivity contribution in [3.05, 3.63) is 28.7 Å². The Hall–Kier alpha value is -1.70. The van der Waals surface area contributed by atoms with E-state index in [1.807, 2.05) is 13.8 Å². The van der Waals surface area contributed by atoms with Crippen LogP contribution in [0.4, 0.5) is 0 Å². The Balaban J connectivity index is 1.81. The fourth-order valence-electron chi connectivity index (χ4n) is 2.43. The van der Waals surface area contributed by atoms with Crippen molar-refractivity contribution in [3.63, 3.8) is 0 Å². The van der Waals surface area contributed by atoms with Gasteiger partial charge < -0.3 is 14.8 Å². The molecule has 0 radical (unpaired) electrons. The minimum absolute atomic E-state index is 0.148. The Morgan fingerprint density at radius 3 is 3.18 bits per heavy atom. The van der Waals surface area contributed by atoms with Gasteiger partial charge in [0.1, 0.15) is 11.1 Å². The van der Waals surface area contributed by atoms with Crippen molar-refractivity contribution in [2.45, 2.75) is 26.0 Å². The van der Waals surface area contributed by atoms with E-state index in [9.17, 15) is 4.79 Å². The molecule has 1 N–H and O–H groups in total. The van der Waals surface area contributed by atoms with E-state index >= 15 is 0 Å². The average Bonchev–Trinajstić information content (AvgIpc) is 3.04. The first-order valence-corrected chi connectivity index (χ1v) is 7.48. The van der Waals surface area contributed by atoms with Crippen LogP contribution in [-0.2, 0) is 9.47 Å². The highest BCUT2D eigenvalue weighted by atomic mass is 35.5. The minimum Gasteiger partial charge on any atom is -0.376 e. The number of carbonyl (C=O) groups is 1. The highest BCUT2D eigenvalue weighted by Gasteiger charge is 2.31. The second-order valence-electron chi connectivity index (χ2n) is 5.17. The second-order valence-corrected chi connectivity index (χ2v) is 5.55. The van der Waals surface area contributed by atoms with Gasteiger partial charge in [-0.2, -0.15) is 5.10 Å². The number of nitrogens with one attached hydrogen (secondary N) is 1. The Kier molecular flexibility index (Phi) is 4.28. The molecule has 1 fully saturated rings. The highest BCUT2D eigenvalue weighted by molar-refractivity contribution is 6.36. The van der Waals surface area contributed by atoms with Gasteiger partial charge in [0, 0.05) is 19.0 Å². The largest absolute Gasteiger partial charge is 0.376 e. The number of carbonyl (C=O) groups excluding carboxylic acids is 1. The number of fused-ring (bicyclic) bond motifs is 1. The molecule has 0 bridgehead atoms. The fraction of sp³-hybridized carbons (Fsp3) is 0.500. The first-order valence-electron chi connectivity index (χ1n) is 7.11. The number of ether oxygens (including phenoxy) is 2. The summed E-state index contributed by atoms with van der Waals surface area (Å²) in [6, 6.07) is -0.206. The molecular formula is C14H17ClN4O3. The number of halogens is 1. The van der Waals surface area contributed by atoms with E-state index in [2.05, 4.69) is 15.4 Å². The maximum absolute atomic E-state index is 12.4. The molecule has 1 amide bonds. The molecule has 1 saturated heterocycles. The zero-order chi connectivity index (χ0) is 15.7. The summed E-state index contributed by atoms with van der Waals surface area (Å²) in [5.74, 6) is -0.353. The third kappa shape index (κ3) is 2.79. The quantitative estimate of drug-likeness (QED) is 0.915. The molecule has 118 valence electrons. The Morgan fingerprint density at radius 2 is 2.41 bits per heavy atom. The second kappa shape index (κ2) is 6.20. The van der Waals surface area contributed by atoms with Gasteiger partial charge in [0.2, 0.25) is 0 Å². The SMILES string of the molecule is CCO[C@H]1COC[C@@H]1NC(=O)c1nn2cc(C)cnc2c1Cl. The lowest BCUT2D eigenvalue weighted by Crippen LogP contribution is -2.44. The van der Waals surface area contributed by atoms with Crippen LogP contribution in [0.3, 0.4) is 0 Å². The molecular weight excluding hydrogens is 308 g/mol. The fourth-order valence-corrected chi connectivity index (χ4v) is 2.69. The lowest BCUT2D eigenvalue weighted by atomic mass is 10.2. The summed E-state index contributed by atoms with van der Waals surface area (Å²) in [5.41, 5.74) is 1.54. The average molecular weight is 325 g/mol. The molecule has 8 heteroatoms. The van der Waals surface area contributed by atoms with Crippen LogP contribution < -0.4 is 5.32 Å². The molecule has 0 spiro atoms. The summed E-state index contributed by atoms with van der Waals surface area (Å²) < 4.78 is 12.4. The molecule has 0 unspecified atom stereocenters. The number of amides is 1. The number of hydrogen-bond donors (Lipinski definition) is 1. The van der Waals surface area contributed by atoms with Crippen molar-refractivity contribution in [1.82, 2.24) is 19.9 Å². The van der Waals surface area contributed by atoms with Crippen molar-refractivity contribution < 1.29 is 14.3 Å². The van der Waals surface area contributed by atoms with Crippen LogP contribution >= 0.6 is 11.6 Å². The molecule has 2 aromatic rings. The van der Waals surface area contributed by atoms with Crippen molar-refractivity contribution >= 4 is 23.2 Å². The number of aromatic nitrogens is 3. The van der Waals surface area contributed by atoms with E-state index in [1.54, 1.807) is 12.4 Å². The first-order chi connectivity index (χ1) is 10.6. The van der Waals surface area contributed by atoms with Crippen LogP contribution in [0.15, 0.2) is 12.4 Å². The molecule has 2 aromatic heterocycles. The Labute approximate surface area is 132 Å². The van der Waals surface area contributed by atoms with Crippen LogP contribution in [0, 0.1) is 6.92 Å². The molecule has 0 aliphatic carbocycles. The van der Waals surface area contributed by atoms with Gasteiger partial charge in [-0.05, 0) is 19.4 Å². The smallest absolute Gasteiger partial charge is 0.273 e. The van der Waals surface area contributed by atoms with E-state index in [4.69, 9.17) is 21.1 Å². The van der Waals surface area contributed by atoms with Crippen LogP contribution in [-0.4, -0.2) is 52.5 Å². The molecule has 1 aliphatic rings. The van der Waals surface area contributed by atoms with E-state index in [0.29, 0.717) is 25.5 Å². The number of nitrogens with zero attached hydrogens (tertiary/aromatic N) is 3. The van der Waals surface area contributed by atoms with Gasteiger partial charge in [-0.25, -0.2) is 9.50 Å². The normalized spacial score (nSPS) is 21.4. The number of aryl methyl sites for hydroxylation is 1. The minimum atomic E-state index is -0.353. The lowest BCUT2D eigenvalue weighted by molar-refractivity contribution is 0.0402. The molecule has 0 saturated carbocycles. The summed E-state index contributed by atoms with van der Waals surface area (Å²) in [6.45, 7) is 5.25. The van der Waals surface area contributed by atoms with Crippen molar-refractivity contribution in [2.75, 3.05) is 19.8 Å². The monoisotopic (exact) mass is 324 g/mol. The maximum atomic E-state index is 12.4. The Bertz CT molecular complexity index is 703. The molecule has 2 atom stereocenters. The maximum Gasteiger partial charge on any atom is 0.273 e. The van der Waals surface area contributed by atoms with Gasteiger partial charge in [-0.15, -0.1) is 0 Å². The van der Waals surface area contributed by atoms with Gasteiger partial charge in [0.05, 0.1) is 19.3 Å². The lowest BCUT2D eigenvalue weighted by Gasteiger charge is -2.18. The van der Waals surface area contributed by atoms with Crippen LogP contribution in [0.5, 0.6) is 0 Å². The van der Waals surface area contributed by atoms with Crippen molar-refractivity contribution in [2.24, 2.45) is 0 Å². The van der Waals surface area contributed by atoms with Crippen molar-refractivity contribution in [3.8, 4) is 0 Å². The predicted molar refractivity (Wildman–Crippen MR) is 80.2 cm³/mol. The van der Waals surface area contributed by atoms with Gasteiger partial charge in [0.15, 0.2) is 11.3 Å². The number of rotatable bonds is 4. The van der Waals surface area contributed by atoms with Crippen LogP contribution in [0.2, 0.25) is 5.02 Å². The van der Waals surface area contributed by atoms with Gasteiger partial charge in [-0.1, -0.05) is 11.6 Å². The summed E-state index contributed by atoms with van der Waals surface area (Å²) in [6.07, 6.45) is 3.30. The van der Waals surface area contributed by atoms with E-state index in [-0.39, 0.29) is 28.8 Å². The summed E-state index contributed by atoms with van der Waals surface area (Å²) in [7, 11) is 0. The molecule has 3 rings (SSSR count). The molecule has 1 aliphatic heterocycles. The molecule has 3 heterocycles. The van der Waals surface area contributed by atoms with E-state index in [1.165, 1.54) is 4.52 Å². The topological polar surface area (TPSA) is 77.8 Å². The van der Waals surface area contributed by atoms with Crippen LogP contribution in [0.1, 0.15) is 23.0 Å². The first kappa shape index (κ1) is 15.2. The van der Waals surface area contributed by atoms with Gasteiger partial charge in [0.25, 0.3) is 5.91 Å². The van der Waals surface area contributed by atoms with E-state index in [0.717, 1.165) is 5.56 Å². The summed E-state index contributed by atoms with van der Waals surface area (Å²) in [5, 5.41) is 7.32. The predicted octanol–water partition coefficient (Wildman–Crippen LogP) is 1.22. The van der Waals surface area contributed by atoms with Crippen molar-refractivity contribution in [1.29, 1.82) is 0 Å². The third-order valence-electron chi connectivity index (χ3n) is 3.49. The summed E-state index contributed by atoms with van der Waals surface area (Å²) in [4.78, 5) is 16.6.